The highest BCUT2D eigenvalue weighted by atomic mass is 16.5. The van der Waals surface area contributed by atoms with E-state index in [4.69, 9.17) is 14.6 Å². The summed E-state index contributed by atoms with van der Waals surface area (Å²) in [6.45, 7) is 2.51. The summed E-state index contributed by atoms with van der Waals surface area (Å²) in [4.78, 5) is 32.5. The van der Waals surface area contributed by atoms with E-state index in [1.54, 1.807) is 6.92 Å². The van der Waals surface area contributed by atoms with Crippen molar-refractivity contribution in [3.8, 4) is 0 Å². The van der Waals surface area contributed by atoms with Crippen molar-refractivity contribution in [1.82, 2.24) is 0 Å². The molecule has 6 heteroatoms. The highest BCUT2D eigenvalue weighted by Gasteiger charge is 2.03. The van der Waals surface area contributed by atoms with Crippen LogP contribution in [0.5, 0.6) is 0 Å². The van der Waals surface area contributed by atoms with E-state index in [0.717, 1.165) is 25.7 Å². The lowest BCUT2D eigenvalue weighted by Crippen LogP contribution is -2.07. The summed E-state index contributed by atoms with van der Waals surface area (Å²) in [6, 6.07) is 0. The highest BCUT2D eigenvalue weighted by molar-refractivity contribution is 5.69. The zero-order chi connectivity index (χ0) is 15.9. The van der Waals surface area contributed by atoms with Gasteiger partial charge in [-0.2, -0.15) is 0 Å². The van der Waals surface area contributed by atoms with Crippen molar-refractivity contribution in [2.45, 2.75) is 64.7 Å². The van der Waals surface area contributed by atoms with Crippen molar-refractivity contribution in [2.24, 2.45) is 0 Å². The lowest BCUT2D eigenvalue weighted by molar-refractivity contribution is -0.145. The Balaban J connectivity index is 3.27. The largest absolute Gasteiger partial charge is 0.481 e. The second-order valence-corrected chi connectivity index (χ2v) is 4.81. The SMILES string of the molecule is CCC(=O)OCCCCCC(=O)OCCCCCC(=O)O. The summed E-state index contributed by atoms with van der Waals surface area (Å²) in [7, 11) is 0. The van der Waals surface area contributed by atoms with Crippen molar-refractivity contribution in [3.05, 3.63) is 0 Å². The number of esters is 2. The van der Waals surface area contributed by atoms with Gasteiger partial charge in [0, 0.05) is 19.3 Å². The first-order valence-electron chi connectivity index (χ1n) is 7.59. The number of carbonyl (C=O) groups excluding carboxylic acids is 2. The molecule has 0 aliphatic carbocycles. The summed E-state index contributed by atoms with van der Waals surface area (Å²) < 4.78 is 9.96. The number of rotatable bonds is 13. The molecule has 0 spiro atoms. The van der Waals surface area contributed by atoms with E-state index in [2.05, 4.69) is 0 Å². The lowest BCUT2D eigenvalue weighted by Gasteiger charge is -2.05. The summed E-state index contributed by atoms with van der Waals surface area (Å²) in [5.41, 5.74) is 0. The first-order valence-corrected chi connectivity index (χ1v) is 7.59. The number of hydrogen-bond donors (Lipinski definition) is 1. The summed E-state index contributed by atoms with van der Waals surface area (Å²) >= 11 is 0. The number of aliphatic carboxylic acids is 1. The van der Waals surface area contributed by atoms with Crippen molar-refractivity contribution in [3.63, 3.8) is 0 Å². The third-order valence-electron chi connectivity index (χ3n) is 2.87. The number of carboxylic acids is 1. The number of carbonyl (C=O) groups is 3. The molecule has 0 fully saturated rings. The van der Waals surface area contributed by atoms with Crippen LogP contribution in [-0.2, 0) is 23.9 Å². The van der Waals surface area contributed by atoms with Gasteiger partial charge in [0.1, 0.15) is 0 Å². The van der Waals surface area contributed by atoms with Gasteiger partial charge in [0.15, 0.2) is 0 Å². The number of unbranched alkanes of at least 4 members (excludes halogenated alkanes) is 4. The van der Waals surface area contributed by atoms with Gasteiger partial charge in [-0.05, 0) is 38.5 Å². The molecule has 0 amide bonds. The average molecular weight is 302 g/mol. The number of hydrogen-bond acceptors (Lipinski definition) is 5. The van der Waals surface area contributed by atoms with E-state index in [-0.39, 0.29) is 18.4 Å². The molecular formula is C15H26O6. The molecule has 0 rings (SSSR count). The Morgan fingerprint density at radius 2 is 1.29 bits per heavy atom. The molecule has 0 aromatic rings. The van der Waals surface area contributed by atoms with Crippen LogP contribution in [0.25, 0.3) is 0 Å². The van der Waals surface area contributed by atoms with Gasteiger partial charge in [-0.3, -0.25) is 14.4 Å². The van der Waals surface area contributed by atoms with Crippen LogP contribution < -0.4 is 0 Å². The minimum Gasteiger partial charge on any atom is -0.481 e. The Bertz CT molecular complexity index is 313. The predicted octanol–water partition coefficient (Wildman–Crippen LogP) is 2.69. The van der Waals surface area contributed by atoms with Gasteiger partial charge in [-0.25, -0.2) is 0 Å². The third-order valence-corrected chi connectivity index (χ3v) is 2.87. The normalized spacial score (nSPS) is 10.1. The smallest absolute Gasteiger partial charge is 0.305 e. The van der Waals surface area contributed by atoms with Crippen LogP contribution in [0.15, 0.2) is 0 Å². The molecule has 0 aliphatic heterocycles. The fraction of sp³-hybridized carbons (Fsp3) is 0.800. The standard InChI is InChI=1S/C15H26O6/c1-2-14(18)20-11-8-4-6-10-15(19)21-12-7-3-5-9-13(16)17/h2-12H2,1H3,(H,16,17). The van der Waals surface area contributed by atoms with Gasteiger partial charge >= 0.3 is 17.9 Å². The fourth-order valence-electron chi connectivity index (χ4n) is 1.65. The van der Waals surface area contributed by atoms with Gasteiger partial charge < -0.3 is 14.6 Å². The van der Waals surface area contributed by atoms with Crippen molar-refractivity contribution < 1.29 is 29.0 Å². The minimum atomic E-state index is -0.795. The molecule has 0 bridgehead atoms. The van der Waals surface area contributed by atoms with Crippen molar-refractivity contribution >= 4 is 17.9 Å². The van der Waals surface area contributed by atoms with Crippen LogP contribution in [0.4, 0.5) is 0 Å². The van der Waals surface area contributed by atoms with Crippen LogP contribution in [0.3, 0.4) is 0 Å². The molecule has 0 aliphatic rings. The van der Waals surface area contributed by atoms with Crippen LogP contribution in [0.1, 0.15) is 64.7 Å². The Morgan fingerprint density at radius 3 is 1.81 bits per heavy atom. The van der Waals surface area contributed by atoms with E-state index in [0.29, 0.717) is 38.9 Å². The zero-order valence-corrected chi connectivity index (χ0v) is 12.8. The van der Waals surface area contributed by atoms with E-state index in [1.807, 2.05) is 0 Å². The Hall–Kier alpha value is -1.59. The topological polar surface area (TPSA) is 89.9 Å². The third kappa shape index (κ3) is 14.6. The minimum absolute atomic E-state index is 0.163. The second kappa shape index (κ2) is 13.4. The summed E-state index contributed by atoms with van der Waals surface area (Å²) in [5, 5.41) is 8.45. The molecule has 21 heavy (non-hydrogen) atoms. The highest BCUT2D eigenvalue weighted by Crippen LogP contribution is 2.04. The van der Waals surface area contributed by atoms with Crippen molar-refractivity contribution in [1.29, 1.82) is 0 Å². The maximum atomic E-state index is 11.4. The molecule has 6 nitrogen and oxygen atoms in total. The molecule has 0 saturated carbocycles. The summed E-state index contributed by atoms with van der Waals surface area (Å²) in [5.74, 6) is -1.22. The van der Waals surface area contributed by atoms with Crippen LogP contribution in [-0.4, -0.2) is 36.2 Å². The van der Waals surface area contributed by atoms with Crippen LogP contribution >= 0.6 is 0 Å². The van der Waals surface area contributed by atoms with Gasteiger partial charge in [0.05, 0.1) is 13.2 Å². The molecule has 0 saturated heterocycles. The molecule has 0 aromatic carbocycles. The number of carboxylic acid groups (broad SMARTS) is 1. The quantitative estimate of drug-likeness (QED) is 0.415. The predicted molar refractivity (Wildman–Crippen MR) is 76.8 cm³/mol. The molecule has 0 heterocycles. The van der Waals surface area contributed by atoms with Crippen molar-refractivity contribution in [2.75, 3.05) is 13.2 Å². The van der Waals surface area contributed by atoms with Gasteiger partial charge in [0.25, 0.3) is 0 Å². The average Bonchev–Trinajstić information content (AvgIpc) is 2.45. The Labute approximate surface area is 125 Å². The maximum Gasteiger partial charge on any atom is 0.305 e. The zero-order valence-electron chi connectivity index (χ0n) is 12.8. The molecule has 0 atom stereocenters. The Kier molecular flexibility index (Phi) is 12.4. The molecule has 0 unspecified atom stereocenters. The molecule has 0 radical (unpaired) electrons. The number of ether oxygens (including phenoxy) is 2. The second-order valence-electron chi connectivity index (χ2n) is 4.81. The van der Waals surface area contributed by atoms with E-state index in [1.165, 1.54) is 0 Å². The van der Waals surface area contributed by atoms with E-state index >= 15 is 0 Å². The van der Waals surface area contributed by atoms with Gasteiger partial charge in [-0.15, -0.1) is 0 Å². The molecule has 1 N–H and O–H groups in total. The van der Waals surface area contributed by atoms with Crippen LogP contribution in [0, 0.1) is 0 Å². The summed E-state index contributed by atoms with van der Waals surface area (Å²) in [6.07, 6.45) is 5.30. The van der Waals surface area contributed by atoms with E-state index < -0.39 is 5.97 Å². The lowest BCUT2D eigenvalue weighted by atomic mass is 10.2. The molecule has 122 valence electrons. The van der Waals surface area contributed by atoms with E-state index in [9.17, 15) is 14.4 Å². The van der Waals surface area contributed by atoms with Gasteiger partial charge in [-0.1, -0.05) is 6.92 Å². The first kappa shape index (κ1) is 19.4. The first-order chi connectivity index (χ1) is 10.1. The fourth-order valence-corrected chi connectivity index (χ4v) is 1.65. The van der Waals surface area contributed by atoms with Gasteiger partial charge in [0.2, 0.25) is 0 Å². The van der Waals surface area contributed by atoms with Crippen LogP contribution in [0.2, 0.25) is 0 Å². The monoisotopic (exact) mass is 302 g/mol. The maximum absolute atomic E-state index is 11.4. The Morgan fingerprint density at radius 1 is 0.762 bits per heavy atom. The molecule has 0 aromatic heterocycles. The molecular weight excluding hydrogens is 276 g/mol.